The van der Waals surface area contributed by atoms with Crippen LogP contribution >= 0.6 is 11.3 Å². The zero-order valence-corrected chi connectivity index (χ0v) is 15.0. The molecule has 0 spiro atoms. The number of rotatable bonds is 5. The maximum Gasteiger partial charge on any atom is 0.115 e. The average Bonchev–Trinajstić information content (AvgIpc) is 3.04. The molecule has 23 heavy (non-hydrogen) atoms. The van der Waals surface area contributed by atoms with Gasteiger partial charge in [0.1, 0.15) is 5.75 Å². The van der Waals surface area contributed by atoms with E-state index < -0.39 is 0 Å². The summed E-state index contributed by atoms with van der Waals surface area (Å²) in [7, 11) is 0. The molecule has 2 heterocycles. The number of phenolic OH excluding ortho intramolecular Hbond substituents is 1. The Balaban J connectivity index is 1.56. The van der Waals surface area contributed by atoms with Crippen molar-refractivity contribution in [2.24, 2.45) is 5.92 Å². The van der Waals surface area contributed by atoms with Crippen LogP contribution in [0.1, 0.15) is 37.1 Å². The lowest BCUT2D eigenvalue weighted by molar-refractivity contribution is 0.110. The molecule has 1 aliphatic heterocycles. The lowest BCUT2D eigenvalue weighted by Crippen LogP contribution is -2.47. The van der Waals surface area contributed by atoms with Gasteiger partial charge in [-0.3, -0.25) is 0 Å². The normalized spacial score (nSPS) is 25.6. The number of piperidine rings is 1. The van der Waals surface area contributed by atoms with Gasteiger partial charge in [-0.05, 0) is 72.8 Å². The van der Waals surface area contributed by atoms with Gasteiger partial charge in [-0.15, -0.1) is 11.3 Å². The molecule has 1 aromatic heterocycles. The minimum absolute atomic E-state index is 0.170. The summed E-state index contributed by atoms with van der Waals surface area (Å²) in [4.78, 5) is 4.11. The van der Waals surface area contributed by atoms with Crippen LogP contribution < -0.4 is 0 Å². The molecule has 0 radical (unpaired) electrons. The fourth-order valence-corrected chi connectivity index (χ4v) is 4.49. The maximum absolute atomic E-state index is 9.79. The van der Waals surface area contributed by atoms with Crippen LogP contribution in [0, 0.1) is 5.92 Å². The van der Waals surface area contributed by atoms with Crippen molar-refractivity contribution in [3.05, 3.63) is 52.2 Å². The second kappa shape index (κ2) is 7.06. The van der Waals surface area contributed by atoms with Crippen LogP contribution in [0.3, 0.4) is 0 Å². The summed E-state index contributed by atoms with van der Waals surface area (Å²) in [5.74, 6) is 0.981. The van der Waals surface area contributed by atoms with E-state index in [1.54, 1.807) is 6.07 Å². The van der Waals surface area contributed by atoms with Crippen molar-refractivity contribution in [1.82, 2.24) is 4.90 Å². The number of hydrogen-bond acceptors (Lipinski definition) is 3. The molecule has 0 amide bonds. The van der Waals surface area contributed by atoms with Crippen LogP contribution in [-0.4, -0.2) is 29.6 Å². The fraction of sp³-hybridized carbons (Fsp3) is 0.500. The Labute approximate surface area is 143 Å². The van der Waals surface area contributed by atoms with E-state index in [1.165, 1.54) is 29.8 Å². The number of thiophene rings is 1. The van der Waals surface area contributed by atoms with Crippen molar-refractivity contribution >= 4 is 11.3 Å². The Kier molecular flexibility index (Phi) is 5.08. The molecule has 0 aliphatic carbocycles. The molecule has 124 valence electrons. The van der Waals surface area contributed by atoms with E-state index >= 15 is 0 Å². The van der Waals surface area contributed by atoms with Crippen molar-refractivity contribution in [1.29, 1.82) is 0 Å². The van der Waals surface area contributed by atoms with Crippen LogP contribution in [0.25, 0.3) is 0 Å². The summed E-state index contributed by atoms with van der Waals surface area (Å²) in [5.41, 5.74) is 1.45. The highest BCUT2D eigenvalue weighted by Crippen LogP contribution is 2.40. The fourth-order valence-electron chi connectivity index (χ4n) is 3.74. The lowest BCUT2D eigenvalue weighted by atomic mass is 9.68. The Morgan fingerprint density at radius 1 is 1.30 bits per heavy atom. The first-order valence-corrected chi connectivity index (χ1v) is 9.50. The van der Waals surface area contributed by atoms with Gasteiger partial charge in [0.2, 0.25) is 0 Å². The van der Waals surface area contributed by atoms with E-state index in [-0.39, 0.29) is 5.41 Å². The number of aryl methyl sites for hydroxylation is 1. The smallest absolute Gasteiger partial charge is 0.115 e. The quantitative estimate of drug-likeness (QED) is 0.860. The first-order valence-electron chi connectivity index (χ1n) is 8.62. The molecule has 1 fully saturated rings. The lowest BCUT2D eigenvalue weighted by Gasteiger charge is -2.45. The topological polar surface area (TPSA) is 23.5 Å². The van der Waals surface area contributed by atoms with Crippen LogP contribution in [-0.2, 0) is 11.8 Å². The molecular formula is C20H27NOS. The highest BCUT2D eigenvalue weighted by atomic mass is 32.1. The van der Waals surface area contributed by atoms with Gasteiger partial charge in [-0.2, -0.15) is 0 Å². The van der Waals surface area contributed by atoms with Gasteiger partial charge in [-0.1, -0.05) is 32.0 Å². The van der Waals surface area contributed by atoms with Gasteiger partial charge in [0.25, 0.3) is 0 Å². The van der Waals surface area contributed by atoms with Gasteiger partial charge in [-0.25, -0.2) is 0 Å². The van der Waals surface area contributed by atoms with E-state index in [0.29, 0.717) is 11.7 Å². The molecule has 2 aromatic rings. The average molecular weight is 330 g/mol. The number of aromatic hydroxyl groups is 1. The highest BCUT2D eigenvalue weighted by molar-refractivity contribution is 7.09. The minimum atomic E-state index is 0.170. The molecule has 0 saturated carbocycles. The van der Waals surface area contributed by atoms with E-state index in [0.717, 1.165) is 19.5 Å². The van der Waals surface area contributed by atoms with Crippen molar-refractivity contribution in [2.75, 3.05) is 19.6 Å². The molecule has 1 saturated heterocycles. The zero-order chi connectivity index (χ0) is 16.3. The molecule has 3 heteroatoms. The summed E-state index contributed by atoms with van der Waals surface area (Å²) in [6, 6.07) is 12.2. The standard InChI is InChI=1S/C20H27NOS/c1-16-15-21(11-4-8-19-9-5-13-23-19)12-10-20(16,2)17-6-3-7-18(22)14-17/h3,5-7,9,13-14,16,22H,4,8,10-12,15H2,1-2H3/t16-,20+/m0/s1. The first-order chi connectivity index (χ1) is 11.1. The van der Waals surface area contributed by atoms with E-state index in [2.05, 4.69) is 42.3 Å². The molecule has 1 aliphatic rings. The van der Waals surface area contributed by atoms with Crippen LogP contribution in [0.15, 0.2) is 41.8 Å². The highest BCUT2D eigenvalue weighted by Gasteiger charge is 2.37. The molecular weight excluding hydrogens is 302 g/mol. The molecule has 2 nitrogen and oxygen atoms in total. The molecule has 0 unspecified atom stereocenters. The van der Waals surface area contributed by atoms with E-state index in [4.69, 9.17) is 0 Å². The summed E-state index contributed by atoms with van der Waals surface area (Å²) < 4.78 is 0. The molecule has 1 N–H and O–H groups in total. The van der Waals surface area contributed by atoms with E-state index in [1.807, 2.05) is 23.5 Å². The Morgan fingerprint density at radius 2 is 2.17 bits per heavy atom. The van der Waals surface area contributed by atoms with Crippen molar-refractivity contribution in [3.63, 3.8) is 0 Å². The third kappa shape index (κ3) is 3.78. The number of likely N-dealkylation sites (tertiary alicyclic amines) is 1. The van der Waals surface area contributed by atoms with Crippen molar-refractivity contribution in [2.45, 2.75) is 38.5 Å². The number of benzene rings is 1. The molecule has 0 bridgehead atoms. The molecule has 2 atom stereocenters. The predicted octanol–water partition coefficient (Wildman–Crippen LogP) is 4.69. The number of phenols is 1. The number of hydrogen-bond donors (Lipinski definition) is 1. The third-order valence-corrected chi connectivity index (χ3v) is 6.49. The number of nitrogens with zero attached hydrogens (tertiary/aromatic N) is 1. The van der Waals surface area contributed by atoms with Gasteiger partial charge in [0.05, 0.1) is 0 Å². The molecule has 3 rings (SSSR count). The van der Waals surface area contributed by atoms with Crippen LogP contribution in [0.5, 0.6) is 5.75 Å². The molecule has 1 aromatic carbocycles. The van der Waals surface area contributed by atoms with Gasteiger partial charge >= 0.3 is 0 Å². The summed E-state index contributed by atoms with van der Waals surface area (Å²) >= 11 is 1.87. The van der Waals surface area contributed by atoms with Gasteiger partial charge < -0.3 is 10.0 Å². The Morgan fingerprint density at radius 3 is 2.87 bits per heavy atom. The maximum atomic E-state index is 9.79. The van der Waals surface area contributed by atoms with Crippen LogP contribution in [0.2, 0.25) is 0 Å². The van der Waals surface area contributed by atoms with Crippen molar-refractivity contribution in [3.8, 4) is 5.75 Å². The third-order valence-electron chi connectivity index (χ3n) is 5.55. The second-order valence-electron chi connectivity index (χ2n) is 7.10. The predicted molar refractivity (Wildman–Crippen MR) is 98.3 cm³/mol. The van der Waals surface area contributed by atoms with Crippen molar-refractivity contribution < 1.29 is 5.11 Å². The van der Waals surface area contributed by atoms with Gasteiger partial charge in [0, 0.05) is 11.4 Å². The first kappa shape index (κ1) is 16.5. The largest absolute Gasteiger partial charge is 0.508 e. The monoisotopic (exact) mass is 329 g/mol. The Bertz CT molecular complexity index is 624. The minimum Gasteiger partial charge on any atom is -0.508 e. The summed E-state index contributed by atoms with van der Waals surface area (Å²) in [6.07, 6.45) is 3.61. The second-order valence-corrected chi connectivity index (χ2v) is 8.13. The zero-order valence-electron chi connectivity index (χ0n) is 14.2. The van der Waals surface area contributed by atoms with E-state index in [9.17, 15) is 5.11 Å². The Hall–Kier alpha value is -1.32. The van der Waals surface area contributed by atoms with Crippen LogP contribution in [0.4, 0.5) is 0 Å². The SMILES string of the molecule is C[C@H]1CN(CCCc2cccs2)CC[C@@]1(C)c1cccc(O)c1. The summed E-state index contributed by atoms with van der Waals surface area (Å²) in [6.45, 7) is 8.21. The summed E-state index contributed by atoms with van der Waals surface area (Å²) in [5, 5.41) is 12.0. The van der Waals surface area contributed by atoms with Gasteiger partial charge in [0.15, 0.2) is 0 Å².